The van der Waals surface area contributed by atoms with Crippen molar-refractivity contribution in [2.24, 2.45) is 5.92 Å². The monoisotopic (exact) mass is 420 g/mol. The molecule has 30 heavy (non-hydrogen) atoms. The van der Waals surface area contributed by atoms with E-state index in [0.29, 0.717) is 18.1 Å². The second-order valence-corrected chi connectivity index (χ2v) is 8.89. The number of nitrogens with zero attached hydrogens (tertiary/aromatic N) is 2. The van der Waals surface area contributed by atoms with Crippen molar-refractivity contribution in [3.63, 3.8) is 0 Å². The van der Waals surface area contributed by atoms with Gasteiger partial charge in [0.15, 0.2) is 0 Å². The third-order valence-corrected chi connectivity index (χ3v) is 6.97. The summed E-state index contributed by atoms with van der Waals surface area (Å²) in [6, 6.07) is 14.3. The Balaban J connectivity index is 1.55. The number of fused-ring (bicyclic) bond motifs is 3. The average Bonchev–Trinajstić information content (AvgIpc) is 3.12. The summed E-state index contributed by atoms with van der Waals surface area (Å²) in [5.74, 6) is 0.291. The third kappa shape index (κ3) is 3.38. The summed E-state index contributed by atoms with van der Waals surface area (Å²) in [6.07, 6.45) is 6.74. The highest BCUT2D eigenvalue weighted by molar-refractivity contribution is 6.29. The highest BCUT2D eigenvalue weighted by Crippen LogP contribution is 2.38. The molecule has 1 aliphatic carbocycles. The predicted molar refractivity (Wildman–Crippen MR) is 119 cm³/mol. The Morgan fingerprint density at radius 2 is 1.90 bits per heavy atom. The van der Waals surface area contributed by atoms with Crippen molar-refractivity contribution in [2.75, 3.05) is 6.61 Å². The minimum absolute atomic E-state index is 0.108. The maximum atomic E-state index is 13.5. The minimum atomic E-state index is 0.108. The van der Waals surface area contributed by atoms with Gasteiger partial charge in [0.25, 0.3) is 5.91 Å². The average molecular weight is 421 g/mol. The number of amides is 1. The number of hydrogen-bond acceptors (Lipinski definition) is 3. The van der Waals surface area contributed by atoms with Gasteiger partial charge in [0.1, 0.15) is 5.15 Å². The molecule has 0 spiro atoms. The molecule has 2 atom stereocenters. The van der Waals surface area contributed by atoms with Gasteiger partial charge < -0.3 is 10.0 Å². The van der Waals surface area contributed by atoms with Gasteiger partial charge in [0.2, 0.25) is 0 Å². The Morgan fingerprint density at radius 1 is 1.10 bits per heavy atom. The van der Waals surface area contributed by atoms with Gasteiger partial charge in [-0.25, -0.2) is 4.98 Å². The van der Waals surface area contributed by atoms with Crippen LogP contribution < -0.4 is 0 Å². The van der Waals surface area contributed by atoms with Crippen LogP contribution >= 0.6 is 11.6 Å². The van der Waals surface area contributed by atoms with E-state index >= 15 is 0 Å². The molecule has 3 aromatic rings. The Morgan fingerprint density at radius 3 is 2.67 bits per heavy atom. The van der Waals surface area contributed by atoms with Crippen LogP contribution in [0.3, 0.4) is 0 Å². The first-order valence-electron chi connectivity index (χ1n) is 10.7. The van der Waals surface area contributed by atoms with E-state index in [1.54, 1.807) is 12.3 Å². The fourth-order valence-corrected chi connectivity index (χ4v) is 5.34. The molecule has 2 heterocycles. The molecule has 4 nitrogen and oxygen atoms in total. The highest BCUT2D eigenvalue weighted by Gasteiger charge is 2.38. The van der Waals surface area contributed by atoms with Crippen LogP contribution in [0.5, 0.6) is 0 Å². The van der Waals surface area contributed by atoms with Gasteiger partial charge in [-0.15, -0.1) is 0 Å². The number of pyridine rings is 1. The van der Waals surface area contributed by atoms with Crippen molar-refractivity contribution >= 4 is 28.3 Å². The van der Waals surface area contributed by atoms with E-state index in [9.17, 15) is 9.90 Å². The number of benzene rings is 2. The molecule has 1 aromatic heterocycles. The van der Waals surface area contributed by atoms with Gasteiger partial charge in [-0.05, 0) is 58.9 Å². The van der Waals surface area contributed by atoms with Gasteiger partial charge in [-0.3, -0.25) is 4.79 Å². The molecule has 1 amide bonds. The summed E-state index contributed by atoms with van der Waals surface area (Å²) in [6.45, 7) is 0.791. The summed E-state index contributed by atoms with van der Waals surface area (Å²) in [7, 11) is 0. The lowest BCUT2D eigenvalue weighted by Gasteiger charge is -2.37. The van der Waals surface area contributed by atoms with Crippen molar-refractivity contribution in [1.82, 2.24) is 9.88 Å². The molecule has 1 fully saturated rings. The standard InChI is InChI=1S/C25H25ClN2O2/c26-24-10-9-16(13-27-24)11-18-12-21-22(20-7-3-2-6-19(18)20)14-28(25(21)30)23-8-4-1-5-17(23)15-29/h2-3,6-7,9-10,12-13,17,23,29H,1,4-5,8,11,14-15H2. The van der Waals surface area contributed by atoms with Crippen molar-refractivity contribution in [3.8, 4) is 0 Å². The van der Waals surface area contributed by atoms with E-state index in [1.807, 2.05) is 17.0 Å². The lowest BCUT2D eigenvalue weighted by atomic mass is 9.84. The molecule has 5 rings (SSSR count). The van der Waals surface area contributed by atoms with E-state index in [1.165, 1.54) is 5.39 Å². The number of halogens is 1. The molecular weight excluding hydrogens is 396 g/mol. The maximum Gasteiger partial charge on any atom is 0.254 e. The minimum Gasteiger partial charge on any atom is -0.396 e. The van der Waals surface area contributed by atoms with E-state index in [-0.39, 0.29) is 24.5 Å². The summed E-state index contributed by atoms with van der Waals surface area (Å²) in [5.41, 5.74) is 4.13. The number of aliphatic hydroxyl groups is 1. The fourth-order valence-electron chi connectivity index (χ4n) is 5.22. The molecule has 2 unspecified atom stereocenters. The Kier molecular flexibility index (Phi) is 5.21. The molecule has 1 aliphatic heterocycles. The van der Waals surface area contributed by atoms with E-state index in [2.05, 4.69) is 29.2 Å². The lowest BCUT2D eigenvalue weighted by Crippen LogP contribution is -2.43. The number of carbonyl (C=O) groups excluding carboxylic acids is 1. The molecule has 5 heteroatoms. The largest absolute Gasteiger partial charge is 0.396 e. The zero-order valence-electron chi connectivity index (χ0n) is 16.9. The van der Waals surface area contributed by atoms with Gasteiger partial charge in [0, 0.05) is 36.9 Å². The van der Waals surface area contributed by atoms with Crippen LogP contribution in [0, 0.1) is 5.92 Å². The third-order valence-electron chi connectivity index (χ3n) is 6.75. The first-order chi connectivity index (χ1) is 14.7. The van der Waals surface area contributed by atoms with Gasteiger partial charge in [-0.2, -0.15) is 0 Å². The van der Waals surface area contributed by atoms with Crippen LogP contribution in [-0.4, -0.2) is 33.5 Å². The molecule has 0 bridgehead atoms. The summed E-state index contributed by atoms with van der Waals surface area (Å²) >= 11 is 5.94. The summed E-state index contributed by atoms with van der Waals surface area (Å²) in [4.78, 5) is 19.7. The first-order valence-corrected chi connectivity index (χ1v) is 11.1. The Labute approximate surface area is 181 Å². The van der Waals surface area contributed by atoms with E-state index in [4.69, 9.17) is 11.6 Å². The zero-order chi connectivity index (χ0) is 20.7. The molecule has 2 aliphatic rings. The topological polar surface area (TPSA) is 53.4 Å². The Hall–Kier alpha value is -2.43. The molecule has 154 valence electrons. The first kappa shape index (κ1) is 19.5. The van der Waals surface area contributed by atoms with Crippen LogP contribution in [-0.2, 0) is 13.0 Å². The van der Waals surface area contributed by atoms with Crippen LogP contribution in [0.25, 0.3) is 10.8 Å². The number of rotatable bonds is 4. The molecule has 1 saturated carbocycles. The van der Waals surface area contributed by atoms with Crippen molar-refractivity contribution in [3.05, 3.63) is 76.1 Å². The maximum absolute atomic E-state index is 13.5. The number of aliphatic hydroxyl groups excluding tert-OH is 1. The van der Waals surface area contributed by atoms with E-state index < -0.39 is 0 Å². The summed E-state index contributed by atoms with van der Waals surface area (Å²) < 4.78 is 0. The SMILES string of the molecule is O=C1c2cc(Cc3ccc(Cl)nc3)c3ccccc3c2CN1C1CCCCC1CO. The van der Waals surface area contributed by atoms with Gasteiger partial charge in [-0.1, -0.05) is 54.8 Å². The number of carbonyl (C=O) groups is 1. The molecular formula is C25H25ClN2O2. The van der Waals surface area contributed by atoms with Crippen molar-refractivity contribution in [2.45, 2.75) is 44.7 Å². The van der Waals surface area contributed by atoms with Crippen LogP contribution in [0.1, 0.15) is 52.7 Å². The van der Waals surface area contributed by atoms with Crippen LogP contribution in [0.15, 0.2) is 48.7 Å². The number of hydrogen-bond donors (Lipinski definition) is 1. The summed E-state index contributed by atoms with van der Waals surface area (Å²) in [5, 5.41) is 12.7. The molecule has 1 N–H and O–H groups in total. The fraction of sp³-hybridized carbons (Fsp3) is 0.360. The normalized spacial score (nSPS) is 21.3. The lowest BCUT2D eigenvalue weighted by molar-refractivity contribution is 0.0454. The molecule has 2 aromatic carbocycles. The van der Waals surface area contributed by atoms with Crippen LogP contribution in [0.4, 0.5) is 0 Å². The van der Waals surface area contributed by atoms with Crippen LogP contribution in [0.2, 0.25) is 5.15 Å². The van der Waals surface area contributed by atoms with Crippen molar-refractivity contribution in [1.29, 1.82) is 0 Å². The zero-order valence-corrected chi connectivity index (χ0v) is 17.6. The quantitative estimate of drug-likeness (QED) is 0.605. The highest BCUT2D eigenvalue weighted by atomic mass is 35.5. The number of aromatic nitrogens is 1. The van der Waals surface area contributed by atoms with Gasteiger partial charge in [0.05, 0.1) is 0 Å². The Bertz CT molecular complexity index is 1100. The predicted octanol–water partition coefficient (Wildman–Crippen LogP) is 4.99. The second-order valence-electron chi connectivity index (χ2n) is 8.50. The van der Waals surface area contributed by atoms with Crippen molar-refractivity contribution < 1.29 is 9.90 Å². The second kappa shape index (κ2) is 8.01. The smallest absolute Gasteiger partial charge is 0.254 e. The molecule has 0 radical (unpaired) electrons. The van der Waals surface area contributed by atoms with E-state index in [0.717, 1.165) is 53.3 Å². The van der Waals surface area contributed by atoms with Gasteiger partial charge >= 0.3 is 0 Å². The molecule has 0 saturated heterocycles.